The fourth-order valence-electron chi connectivity index (χ4n) is 1.81. The maximum Gasteiger partial charge on any atom is 0.246 e. The van der Waals surface area contributed by atoms with Gasteiger partial charge in [-0.25, -0.2) is 0 Å². The second-order valence-corrected chi connectivity index (χ2v) is 4.93. The van der Waals surface area contributed by atoms with Crippen molar-refractivity contribution in [2.75, 3.05) is 7.05 Å². The van der Waals surface area contributed by atoms with Crippen molar-refractivity contribution < 1.29 is 9.59 Å². The summed E-state index contributed by atoms with van der Waals surface area (Å²) in [5, 5.41) is 5.19. The fraction of sp³-hybridized carbons (Fsp3) is 0.455. The lowest BCUT2D eigenvalue weighted by Gasteiger charge is -2.16. The Kier molecular flexibility index (Phi) is 3.07. The Morgan fingerprint density at radius 3 is 2.81 bits per heavy atom. The molecule has 1 aromatic rings. The Bertz CT molecular complexity index is 402. The van der Waals surface area contributed by atoms with Crippen molar-refractivity contribution in [3.05, 3.63) is 22.4 Å². The number of imide groups is 1. The Morgan fingerprint density at radius 2 is 2.31 bits per heavy atom. The first kappa shape index (κ1) is 11.3. The highest BCUT2D eigenvalue weighted by Crippen LogP contribution is 2.21. The van der Waals surface area contributed by atoms with E-state index in [9.17, 15) is 9.59 Å². The van der Waals surface area contributed by atoms with Gasteiger partial charge in [0.1, 0.15) is 0 Å². The molecule has 5 heteroatoms. The molecule has 1 aliphatic rings. The number of nitrogens with one attached hydrogen (secondary N) is 1. The van der Waals surface area contributed by atoms with Crippen LogP contribution in [0.15, 0.2) is 17.5 Å². The number of likely N-dealkylation sites (tertiary alicyclic amines) is 1. The van der Waals surface area contributed by atoms with Gasteiger partial charge < -0.3 is 0 Å². The smallest absolute Gasteiger partial charge is 0.246 e. The van der Waals surface area contributed by atoms with Gasteiger partial charge >= 0.3 is 0 Å². The standard InChI is InChI=1S/C11H14N2O2S/c1-7(9-4-3-5-16-9)12-8-6-10(14)13(2)11(8)15/h3-5,7-8,12H,6H2,1-2H3. The van der Waals surface area contributed by atoms with Crippen molar-refractivity contribution in [1.29, 1.82) is 0 Å². The summed E-state index contributed by atoms with van der Waals surface area (Å²) in [5.41, 5.74) is 0. The molecule has 2 rings (SSSR count). The summed E-state index contributed by atoms with van der Waals surface area (Å²) in [7, 11) is 1.53. The first-order chi connectivity index (χ1) is 7.59. The molecule has 1 saturated heterocycles. The van der Waals surface area contributed by atoms with E-state index in [-0.39, 0.29) is 30.3 Å². The molecular formula is C11H14N2O2S. The molecule has 0 aromatic carbocycles. The van der Waals surface area contributed by atoms with E-state index in [1.807, 2.05) is 24.4 Å². The van der Waals surface area contributed by atoms with Crippen LogP contribution in [0.2, 0.25) is 0 Å². The van der Waals surface area contributed by atoms with Gasteiger partial charge in [0.05, 0.1) is 12.5 Å². The molecule has 2 unspecified atom stereocenters. The van der Waals surface area contributed by atoms with Gasteiger partial charge in [-0.2, -0.15) is 0 Å². The molecule has 16 heavy (non-hydrogen) atoms. The zero-order valence-corrected chi connectivity index (χ0v) is 10.1. The zero-order chi connectivity index (χ0) is 11.7. The summed E-state index contributed by atoms with van der Waals surface area (Å²) in [5.74, 6) is -0.241. The van der Waals surface area contributed by atoms with E-state index in [4.69, 9.17) is 0 Å². The SMILES string of the molecule is CC(NC1CC(=O)N(C)C1=O)c1cccs1. The van der Waals surface area contributed by atoms with Crippen molar-refractivity contribution in [2.45, 2.75) is 25.4 Å². The van der Waals surface area contributed by atoms with Crippen LogP contribution >= 0.6 is 11.3 Å². The highest BCUT2D eigenvalue weighted by Gasteiger charge is 2.36. The molecule has 2 amide bonds. The molecule has 0 radical (unpaired) electrons. The molecule has 1 N–H and O–H groups in total. The van der Waals surface area contributed by atoms with Crippen LogP contribution < -0.4 is 5.32 Å². The second-order valence-electron chi connectivity index (χ2n) is 3.95. The molecule has 1 aliphatic heterocycles. The average molecular weight is 238 g/mol. The molecule has 0 saturated carbocycles. The predicted octanol–water partition coefficient (Wildman–Crippen LogP) is 1.16. The van der Waals surface area contributed by atoms with Crippen molar-refractivity contribution in [2.24, 2.45) is 0 Å². The maximum absolute atomic E-state index is 11.7. The normalized spacial score (nSPS) is 22.9. The topological polar surface area (TPSA) is 49.4 Å². The van der Waals surface area contributed by atoms with E-state index < -0.39 is 0 Å². The molecular weight excluding hydrogens is 224 g/mol. The molecule has 0 aliphatic carbocycles. The summed E-state index contributed by atoms with van der Waals surface area (Å²) in [6.45, 7) is 2.00. The summed E-state index contributed by atoms with van der Waals surface area (Å²) in [6.07, 6.45) is 0.269. The third-order valence-corrected chi connectivity index (χ3v) is 3.86. The van der Waals surface area contributed by atoms with Crippen LogP contribution in [0.3, 0.4) is 0 Å². The van der Waals surface area contributed by atoms with Gasteiger partial charge in [0.2, 0.25) is 11.8 Å². The Hall–Kier alpha value is -1.20. The highest BCUT2D eigenvalue weighted by molar-refractivity contribution is 7.10. The molecule has 0 bridgehead atoms. The van der Waals surface area contributed by atoms with Crippen molar-refractivity contribution >= 4 is 23.2 Å². The number of nitrogens with zero attached hydrogens (tertiary/aromatic N) is 1. The Balaban J connectivity index is 2.01. The third-order valence-electron chi connectivity index (χ3n) is 2.80. The quantitative estimate of drug-likeness (QED) is 0.804. The van der Waals surface area contributed by atoms with Crippen LogP contribution in [0.1, 0.15) is 24.3 Å². The van der Waals surface area contributed by atoms with Crippen LogP contribution in [-0.2, 0) is 9.59 Å². The summed E-state index contributed by atoms with van der Waals surface area (Å²) in [4.78, 5) is 25.4. The average Bonchev–Trinajstić information content (AvgIpc) is 2.85. The van der Waals surface area contributed by atoms with Crippen molar-refractivity contribution in [3.63, 3.8) is 0 Å². The summed E-state index contributed by atoms with van der Waals surface area (Å²) in [6, 6.07) is 3.74. The van der Waals surface area contributed by atoms with Crippen LogP contribution in [0.25, 0.3) is 0 Å². The minimum Gasteiger partial charge on any atom is -0.298 e. The zero-order valence-electron chi connectivity index (χ0n) is 9.27. The molecule has 1 aromatic heterocycles. The summed E-state index contributed by atoms with van der Waals surface area (Å²) >= 11 is 1.64. The lowest BCUT2D eigenvalue weighted by atomic mass is 10.2. The molecule has 86 valence electrons. The number of hydrogen-bond acceptors (Lipinski definition) is 4. The number of amides is 2. The van der Waals surface area contributed by atoms with Gasteiger partial charge in [-0.3, -0.25) is 19.8 Å². The van der Waals surface area contributed by atoms with Gasteiger partial charge in [-0.15, -0.1) is 11.3 Å². The maximum atomic E-state index is 11.7. The van der Waals surface area contributed by atoms with E-state index in [1.165, 1.54) is 16.8 Å². The molecule has 1 fully saturated rings. The van der Waals surface area contributed by atoms with Crippen molar-refractivity contribution in [1.82, 2.24) is 10.2 Å². The lowest BCUT2D eigenvalue weighted by Crippen LogP contribution is -2.38. The van der Waals surface area contributed by atoms with Crippen LogP contribution in [-0.4, -0.2) is 29.8 Å². The molecule has 2 atom stereocenters. The number of thiophene rings is 1. The largest absolute Gasteiger partial charge is 0.298 e. The number of likely N-dealkylation sites (N-methyl/N-ethyl adjacent to an activating group) is 1. The minimum absolute atomic E-state index is 0.105. The molecule has 0 spiro atoms. The number of rotatable bonds is 3. The van der Waals surface area contributed by atoms with Gasteiger partial charge in [0.25, 0.3) is 0 Å². The highest BCUT2D eigenvalue weighted by atomic mass is 32.1. The summed E-state index contributed by atoms with van der Waals surface area (Å²) < 4.78 is 0. The second kappa shape index (κ2) is 4.35. The van der Waals surface area contributed by atoms with Crippen molar-refractivity contribution in [3.8, 4) is 0 Å². The van der Waals surface area contributed by atoms with Crippen LogP contribution in [0.4, 0.5) is 0 Å². The van der Waals surface area contributed by atoms with Gasteiger partial charge in [0, 0.05) is 18.0 Å². The van der Waals surface area contributed by atoms with Gasteiger partial charge in [-0.1, -0.05) is 6.07 Å². The minimum atomic E-state index is -0.366. The molecule has 2 heterocycles. The number of hydrogen-bond donors (Lipinski definition) is 1. The number of carbonyl (C=O) groups is 2. The third kappa shape index (κ3) is 2.01. The van der Waals surface area contributed by atoms with Crippen LogP contribution in [0.5, 0.6) is 0 Å². The Labute approximate surface area is 98.3 Å². The van der Waals surface area contributed by atoms with E-state index in [1.54, 1.807) is 11.3 Å². The monoisotopic (exact) mass is 238 g/mol. The van der Waals surface area contributed by atoms with Crippen LogP contribution in [0, 0.1) is 0 Å². The number of carbonyl (C=O) groups excluding carboxylic acids is 2. The Morgan fingerprint density at radius 1 is 1.56 bits per heavy atom. The van der Waals surface area contributed by atoms with E-state index in [0.29, 0.717) is 0 Å². The fourth-order valence-corrected chi connectivity index (χ4v) is 2.55. The molecule has 4 nitrogen and oxygen atoms in total. The van der Waals surface area contributed by atoms with Gasteiger partial charge in [0.15, 0.2) is 0 Å². The first-order valence-corrected chi connectivity index (χ1v) is 6.07. The van der Waals surface area contributed by atoms with E-state index in [0.717, 1.165) is 0 Å². The van der Waals surface area contributed by atoms with E-state index in [2.05, 4.69) is 5.32 Å². The predicted molar refractivity (Wildman–Crippen MR) is 62.1 cm³/mol. The lowest BCUT2D eigenvalue weighted by molar-refractivity contribution is -0.137. The van der Waals surface area contributed by atoms with E-state index >= 15 is 0 Å². The first-order valence-electron chi connectivity index (χ1n) is 5.19. The van der Waals surface area contributed by atoms with Gasteiger partial charge in [-0.05, 0) is 18.4 Å².